The summed E-state index contributed by atoms with van der Waals surface area (Å²) < 4.78 is 11.4. The number of oxazole rings is 1. The Morgan fingerprint density at radius 2 is 1.74 bits per heavy atom. The molecule has 0 atom stereocenters. The summed E-state index contributed by atoms with van der Waals surface area (Å²) in [6.45, 7) is 6.07. The third-order valence-corrected chi connectivity index (χ3v) is 6.11. The molecule has 8 heteroatoms. The maximum absolute atomic E-state index is 13.0. The third kappa shape index (κ3) is 4.04. The maximum Gasteiger partial charge on any atom is 0.276 e. The van der Waals surface area contributed by atoms with Crippen molar-refractivity contribution in [2.75, 3.05) is 31.1 Å². The minimum Gasteiger partial charge on any atom is -0.419 e. The minimum absolute atomic E-state index is 0.179. The van der Waals surface area contributed by atoms with Crippen LogP contribution in [-0.4, -0.2) is 47.1 Å². The Labute approximate surface area is 197 Å². The van der Waals surface area contributed by atoms with Gasteiger partial charge < -0.3 is 18.7 Å². The number of carbonyl (C=O) groups excluding carboxylic acids is 1. The van der Waals surface area contributed by atoms with Gasteiger partial charge in [0.05, 0.1) is 0 Å². The molecule has 4 aromatic rings. The van der Waals surface area contributed by atoms with Crippen LogP contribution in [0.25, 0.3) is 22.8 Å². The SMILES string of the molecule is Cc1ccc(-c2cc(C(=O)N3CCN(c4oc(-c5ccccc5)nc4C#N)CC3)no2)cc1C. The highest BCUT2D eigenvalue weighted by molar-refractivity contribution is 5.93. The Morgan fingerprint density at radius 3 is 2.44 bits per heavy atom. The molecule has 0 aliphatic carbocycles. The Hall–Kier alpha value is -4.38. The fraction of sp³-hybridized carbons (Fsp3) is 0.231. The van der Waals surface area contributed by atoms with Gasteiger partial charge in [-0.3, -0.25) is 4.79 Å². The molecule has 2 aromatic carbocycles. The molecule has 0 radical (unpaired) electrons. The van der Waals surface area contributed by atoms with E-state index in [2.05, 4.69) is 23.1 Å². The number of anilines is 1. The van der Waals surface area contributed by atoms with E-state index in [4.69, 9.17) is 8.94 Å². The molecule has 0 spiro atoms. The lowest BCUT2D eigenvalue weighted by Crippen LogP contribution is -2.49. The van der Waals surface area contributed by atoms with Gasteiger partial charge in [0.15, 0.2) is 11.5 Å². The minimum atomic E-state index is -0.179. The average Bonchev–Trinajstić information content (AvgIpc) is 3.54. The summed E-state index contributed by atoms with van der Waals surface area (Å²) in [6, 6.07) is 19.3. The van der Waals surface area contributed by atoms with Gasteiger partial charge in [0, 0.05) is 43.4 Å². The van der Waals surface area contributed by atoms with E-state index in [9.17, 15) is 10.1 Å². The third-order valence-electron chi connectivity index (χ3n) is 6.11. The number of aromatic nitrogens is 2. The van der Waals surface area contributed by atoms with Crippen molar-refractivity contribution in [3.63, 3.8) is 0 Å². The van der Waals surface area contributed by atoms with Crippen LogP contribution in [0.2, 0.25) is 0 Å². The van der Waals surface area contributed by atoms with Gasteiger partial charge in [0.1, 0.15) is 6.07 Å². The molecular weight excluding hydrogens is 430 g/mol. The zero-order valence-corrected chi connectivity index (χ0v) is 19.0. The van der Waals surface area contributed by atoms with E-state index >= 15 is 0 Å². The molecule has 1 amide bonds. The summed E-state index contributed by atoms with van der Waals surface area (Å²) in [5, 5.41) is 13.6. The van der Waals surface area contributed by atoms with Gasteiger partial charge in [-0.1, -0.05) is 35.5 Å². The number of nitriles is 1. The van der Waals surface area contributed by atoms with E-state index < -0.39 is 0 Å². The van der Waals surface area contributed by atoms with E-state index in [1.165, 1.54) is 5.56 Å². The summed E-state index contributed by atoms with van der Waals surface area (Å²) >= 11 is 0. The second kappa shape index (κ2) is 8.87. The fourth-order valence-electron chi connectivity index (χ4n) is 3.98. The highest BCUT2D eigenvalue weighted by Gasteiger charge is 2.28. The number of benzene rings is 2. The molecule has 2 aromatic heterocycles. The first kappa shape index (κ1) is 21.5. The molecule has 1 saturated heterocycles. The molecule has 0 saturated carbocycles. The number of rotatable bonds is 4. The van der Waals surface area contributed by atoms with Crippen molar-refractivity contribution in [3.8, 4) is 28.8 Å². The Balaban J connectivity index is 1.27. The maximum atomic E-state index is 13.0. The Kier molecular flexibility index (Phi) is 5.60. The number of amides is 1. The van der Waals surface area contributed by atoms with Gasteiger partial charge in [0.2, 0.25) is 17.5 Å². The van der Waals surface area contributed by atoms with Crippen molar-refractivity contribution in [2.24, 2.45) is 0 Å². The lowest BCUT2D eigenvalue weighted by molar-refractivity contribution is 0.0735. The van der Waals surface area contributed by atoms with Crippen LogP contribution in [0.4, 0.5) is 5.88 Å². The van der Waals surface area contributed by atoms with E-state index in [0.29, 0.717) is 43.7 Å². The van der Waals surface area contributed by atoms with Crippen LogP contribution in [0.3, 0.4) is 0 Å². The molecule has 5 rings (SSSR count). The molecule has 3 heterocycles. The van der Waals surface area contributed by atoms with Gasteiger partial charge in [0.25, 0.3) is 5.91 Å². The van der Waals surface area contributed by atoms with Crippen LogP contribution in [-0.2, 0) is 0 Å². The van der Waals surface area contributed by atoms with Crippen molar-refractivity contribution >= 4 is 11.8 Å². The lowest BCUT2D eigenvalue weighted by atomic mass is 10.0. The Morgan fingerprint density at radius 1 is 0.971 bits per heavy atom. The molecule has 1 fully saturated rings. The van der Waals surface area contributed by atoms with Gasteiger partial charge in [-0.25, -0.2) is 0 Å². The predicted molar refractivity (Wildman–Crippen MR) is 126 cm³/mol. The molecule has 0 bridgehead atoms. The summed E-state index contributed by atoms with van der Waals surface area (Å²) in [4.78, 5) is 21.0. The van der Waals surface area contributed by atoms with Crippen LogP contribution < -0.4 is 4.90 Å². The largest absolute Gasteiger partial charge is 0.419 e. The zero-order valence-electron chi connectivity index (χ0n) is 19.0. The number of hydrogen-bond acceptors (Lipinski definition) is 7. The van der Waals surface area contributed by atoms with E-state index in [-0.39, 0.29) is 17.3 Å². The molecule has 170 valence electrons. The lowest BCUT2D eigenvalue weighted by Gasteiger charge is -2.34. The molecule has 1 aliphatic rings. The Bertz CT molecular complexity index is 1380. The van der Waals surface area contributed by atoms with Crippen molar-refractivity contribution in [2.45, 2.75) is 13.8 Å². The highest BCUT2D eigenvalue weighted by Crippen LogP contribution is 2.29. The van der Waals surface area contributed by atoms with Crippen LogP contribution in [0, 0.1) is 25.2 Å². The molecule has 8 nitrogen and oxygen atoms in total. The number of piperazine rings is 1. The van der Waals surface area contributed by atoms with Crippen molar-refractivity contribution in [3.05, 3.63) is 77.1 Å². The number of carbonyl (C=O) groups is 1. The second-order valence-corrected chi connectivity index (χ2v) is 8.31. The van der Waals surface area contributed by atoms with Gasteiger partial charge in [-0.15, -0.1) is 0 Å². The van der Waals surface area contributed by atoms with E-state index in [1.807, 2.05) is 60.4 Å². The number of nitrogens with zero attached hydrogens (tertiary/aromatic N) is 5. The summed E-state index contributed by atoms with van der Waals surface area (Å²) in [7, 11) is 0. The van der Waals surface area contributed by atoms with Crippen molar-refractivity contribution in [1.82, 2.24) is 15.0 Å². The first-order chi connectivity index (χ1) is 16.5. The normalized spacial score (nSPS) is 13.7. The van der Waals surface area contributed by atoms with Gasteiger partial charge in [-0.2, -0.15) is 10.2 Å². The van der Waals surface area contributed by atoms with Gasteiger partial charge >= 0.3 is 0 Å². The summed E-state index contributed by atoms with van der Waals surface area (Å²) in [5.74, 6) is 1.24. The van der Waals surface area contributed by atoms with Crippen LogP contribution >= 0.6 is 0 Å². The van der Waals surface area contributed by atoms with Crippen LogP contribution in [0.5, 0.6) is 0 Å². The topological polar surface area (TPSA) is 99.4 Å². The fourth-order valence-corrected chi connectivity index (χ4v) is 3.98. The smallest absolute Gasteiger partial charge is 0.276 e. The molecule has 34 heavy (non-hydrogen) atoms. The standard InChI is InChI=1S/C26H23N5O3/c1-17-8-9-20(14-18(17)2)23-15-21(29-34-23)25(32)30-10-12-31(13-11-30)26-22(16-27)28-24(33-26)19-6-4-3-5-7-19/h3-9,14-15H,10-13H2,1-2H3. The monoisotopic (exact) mass is 453 g/mol. The average molecular weight is 454 g/mol. The van der Waals surface area contributed by atoms with Gasteiger partial charge in [-0.05, 0) is 43.2 Å². The number of hydrogen-bond donors (Lipinski definition) is 0. The van der Waals surface area contributed by atoms with Crippen LogP contribution in [0.15, 0.2) is 63.5 Å². The summed E-state index contributed by atoms with van der Waals surface area (Å²) in [6.07, 6.45) is 0. The molecule has 1 aliphatic heterocycles. The molecule has 0 unspecified atom stereocenters. The van der Waals surface area contributed by atoms with Crippen molar-refractivity contribution < 1.29 is 13.7 Å². The zero-order chi connectivity index (χ0) is 23.7. The predicted octanol–water partition coefficient (Wildman–Crippen LogP) is 4.45. The second-order valence-electron chi connectivity index (χ2n) is 8.31. The van der Waals surface area contributed by atoms with Crippen molar-refractivity contribution in [1.29, 1.82) is 5.26 Å². The first-order valence-corrected chi connectivity index (χ1v) is 11.1. The molecule has 0 N–H and O–H groups in total. The van der Waals surface area contributed by atoms with E-state index in [0.717, 1.165) is 16.7 Å². The first-order valence-electron chi connectivity index (χ1n) is 11.1. The number of aryl methyl sites for hydroxylation is 2. The quantitative estimate of drug-likeness (QED) is 0.450. The molecular formula is C26H23N5O3. The van der Waals surface area contributed by atoms with Crippen LogP contribution in [0.1, 0.15) is 27.3 Å². The summed E-state index contributed by atoms with van der Waals surface area (Å²) in [5.41, 5.74) is 4.57. The highest BCUT2D eigenvalue weighted by atomic mass is 16.5. The van der Waals surface area contributed by atoms with E-state index in [1.54, 1.807) is 11.0 Å².